The van der Waals surface area contributed by atoms with Gasteiger partial charge in [-0.3, -0.25) is 4.68 Å². The fourth-order valence-electron chi connectivity index (χ4n) is 1.73. The second-order valence-corrected chi connectivity index (χ2v) is 6.52. The van der Waals surface area contributed by atoms with Crippen LogP contribution in [0, 0.1) is 5.41 Å². The van der Waals surface area contributed by atoms with Crippen LogP contribution in [-0.2, 0) is 17.7 Å². The topological polar surface area (TPSA) is 53.1 Å². The minimum Gasteiger partial charge on any atom is -0.383 e. The minimum atomic E-state index is 0.143. The quantitative estimate of drug-likeness (QED) is 0.877. The molecule has 0 saturated heterocycles. The van der Waals surface area contributed by atoms with Gasteiger partial charge < -0.3 is 10.5 Å². The number of aromatic nitrogens is 2. The zero-order chi connectivity index (χ0) is 13.8. The summed E-state index contributed by atoms with van der Waals surface area (Å²) in [5, 5.41) is 4.34. The second-order valence-electron chi connectivity index (χ2n) is 5.67. The molecule has 0 aromatic carbocycles. The highest BCUT2D eigenvalue weighted by atomic mass is 79.9. The number of halogens is 1. The molecule has 0 aliphatic rings. The van der Waals surface area contributed by atoms with E-state index >= 15 is 0 Å². The molecule has 1 aromatic heterocycles. The zero-order valence-corrected chi connectivity index (χ0v) is 13.3. The average Bonchev–Trinajstić information content (AvgIpc) is 2.63. The molecule has 1 atom stereocenters. The van der Waals surface area contributed by atoms with E-state index in [0.717, 1.165) is 23.9 Å². The minimum absolute atomic E-state index is 0.143. The Morgan fingerprint density at radius 2 is 2.17 bits per heavy atom. The Kier molecular flexibility index (Phi) is 5.82. The first-order valence-corrected chi connectivity index (χ1v) is 7.10. The summed E-state index contributed by atoms with van der Waals surface area (Å²) in [6, 6.07) is 0.190. The van der Waals surface area contributed by atoms with Gasteiger partial charge in [0, 0.05) is 13.2 Å². The standard InChI is InChI=1S/C13H24BrN3O/c1-13(2,3)12(15)6-5-11-10(14)9-16-17(11)7-8-18-4/h9,12H,5-8,15H2,1-4H3. The van der Waals surface area contributed by atoms with Gasteiger partial charge in [-0.15, -0.1) is 0 Å². The van der Waals surface area contributed by atoms with Crippen molar-refractivity contribution in [3.8, 4) is 0 Å². The molecule has 0 spiro atoms. The third kappa shape index (κ3) is 4.37. The summed E-state index contributed by atoms with van der Waals surface area (Å²) in [6.45, 7) is 7.98. The molecule has 0 aliphatic heterocycles. The highest BCUT2D eigenvalue weighted by Gasteiger charge is 2.21. The van der Waals surface area contributed by atoms with Gasteiger partial charge >= 0.3 is 0 Å². The summed E-state index contributed by atoms with van der Waals surface area (Å²) in [7, 11) is 1.70. The van der Waals surface area contributed by atoms with E-state index in [9.17, 15) is 0 Å². The van der Waals surface area contributed by atoms with Gasteiger partial charge in [0.15, 0.2) is 0 Å². The van der Waals surface area contributed by atoms with Crippen LogP contribution in [0.3, 0.4) is 0 Å². The van der Waals surface area contributed by atoms with Crippen LogP contribution in [0.5, 0.6) is 0 Å². The van der Waals surface area contributed by atoms with Crippen molar-refractivity contribution >= 4 is 15.9 Å². The van der Waals surface area contributed by atoms with Crippen LogP contribution in [-0.4, -0.2) is 29.5 Å². The molecule has 0 saturated carbocycles. The van der Waals surface area contributed by atoms with Crippen molar-refractivity contribution in [1.29, 1.82) is 0 Å². The van der Waals surface area contributed by atoms with Crippen molar-refractivity contribution in [1.82, 2.24) is 9.78 Å². The van der Waals surface area contributed by atoms with Crippen LogP contribution < -0.4 is 5.73 Å². The Morgan fingerprint density at radius 3 is 2.72 bits per heavy atom. The molecular weight excluding hydrogens is 294 g/mol. The van der Waals surface area contributed by atoms with Gasteiger partial charge in [-0.2, -0.15) is 5.10 Å². The number of hydrogen-bond donors (Lipinski definition) is 1. The van der Waals surface area contributed by atoms with Gasteiger partial charge in [-0.1, -0.05) is 20.8 Å². The van der Waals surface area contributed by atoms with Crippen LogP contribution in [0.4, 0.5) is 0 Å². The van der Waals surface area contributed by atoms with Crippen molar-refractivity contribution in [2.45, 2.75) is 46.2 Å². The van der Waals surface area contributed by atoms with E-state index in [0.29, 0.717) is 6.61 Å². The Hall–Kier alpha value is -0.390. The highest BCUT2D eigenvalue weighted by Crippen LogP contribution is 2.23. The van der Waals surface area contributed by atoms with Gasteiger partial charge in [0.2, 0.25) is 0 Å². The fourth-order valence-corrected chi connectivity index (χ4v) is 2.23. The molecule has 1 unspecified atom stereocenters. The Morgan fingerprint density at radius 1 is 1.50 bits per heavy atom. The molecule has 0 radical (unpaired) electrons. The van der Waals surface area contributed by atoms with Crippen LogP contribution >= 0.6 is 15.9 Å². The SMILES string of the molecule is COCCn1ncc(Br)c1CCC(N)C(C)(C)C. The lowest BCUT2D eigenvalue weighted by Gasteiger charge is -2.27. The van der Waals surface area contributed by atoms with Gasteiger partial charge in [-0.05, 0) is 34.2 Å². The molecule has 18 heavy (non-hydrogen) atoms. The molecule has 1 rings (SSSR count). The summed E-state index contributed by atoms with van der Waals surface area (Å²) in [5.74, 6) is 0. The van der Waals surface area contributed by atoms with Crippen LogP contribution in [0.15, 0.2) is 10.7 Å². The maximum Gasteiger partial charge on any atom is 0.0658 e. The third-order valence-electron chi connectivity index (χ3n) is 3.21. The maximum absolute atomic E-state index is 6.20. The predicted molar refractivity (Wildman–Crippen MR) is 77.6 cm³/mol. The first-order valence-electron chi connectivity index (χ1n) is 6.31. The summed E-state index contributed by atoms with van der Waals surface area (Å²) in [6.07, 6.45) is 3.73. The predicted octanol–water partition coefficient (Wildman–Crippen LogP) is 2.60. The van der Waals surface area contributed by atoms with E-state index < -0.39 is 0 Å². The number of ether oxygens (including phenoxy) is 1. The summed E-state index contributed by atoms with van der Waals surface area (Å²) < 4.78 is 8.13. The van der Waals surface area contributed by atoms with E-state index in [4.69, 9.17) is 10.5 Å². The van der Waals surface area contributed by atoms with Crippen LogP contribution in [0.25, 0.3) is 0 Å². The molecular formula is C13H24BrN3O. The molecule has 0 bridgehead atoms. The second kappa shape index (κ2) is 6.68. The number of rotatable bonds is 6. The molecule has 1 heterocycles. The maximum atomic E-state index is 6.20. The summed E-state index contributed by atoms with van der Waals surface area (Å²) >= 11 is 3.54. The van der Waals surface area contributed by atoms with Crippen molar-refractivity contribution in [3.63, 3.8) is 0 Å². The van der Waals surface area contributed by atoms with Gasteiger partial charge in [0.25, 0.3) is 0 Å². The van der Waals surface area contributed by atoms with E-state index in [-0.39, 0.29) is 11.5 Å². The molecule has 2 N–H and O–H groups in total. The largest absolute Gasteiger partial charge is 0.383 e. The van der Waals surface area contributed by atoms with E-state index in [2.05, 4.69) is 41.8 Å². The highest BCUT2D eigenvalue weighted by molar-refractivity contribution is 9.10. The first-order chi connectivity index (χ1) is 8.36. The molecule has 0 fully saturated rings. The number of hydrogen-bond acceptors (Lipinski definition) is 3. The van der Waals surface area contributed by atoms with Gasteiger partial charge in [0.05, 0.1) is 29.5 Å². The lowest BCUT2D eigenvalue weighted by Crippen LogP contribution is -2.35. The van der Waals surface area contributed by atoms with Crippen molar-refractivity contribution in [2.75, 3.05) is 13.7 Å². The first kappa shape index (κ1) is 15.7. The zero-order valence-electron chi connectivity index (χ0n) is 11.7. The average molecular weight is 318 g/mol. The normalized spacial score (nSPS) is 13.9. The Balaban J connectivity index is 2.63. The van der Waals surface area contributed by atoms with Gasteiger partial charge in [0.1, 0.15) is 0 Å². The Bertz CT molecular complexity index is 371. The third-order valence-corrected chi connectivity index (χ3v) is 3.87. The smallest absolute Gasteiger partial charge is 0.0658 e. The summed E-state index contributed by atoms with van der Waals surface area (Å²) in [4.78, 5) is 0. The lowest BCUT2D eigenvalue weighted by molar-refractivity contribution is 0.182. The molecule has 104 valence electrons. The molecule has 1 aromatic rings. The number of nitrogens with zero attached hydrogens (tertiary/aromatic N) is 2. The molecule has 0 aliphatic carbocycles. The van der Waals surface area contributed by atoms with E-state index in [1.165, 1.54) is 5.69 Å². The van der Waals surface area contributed by atoms with Crippen molar-refractivity contribution in [2.24, 2.45) is 11.1 Å². The number of nitrogens with two attached hydrogens (primary N) is 1. The van der Waals surface area contributed by atoms with Crippen molar-refractivity contribution < 1.29 is 4.74 Å². The van der Waals surface area contributed by atoms with Gasteiger partial charge in [-0.25, -0.2) is 0 Å². The monoisotopic (exact) mass is 317 g/mol. The fraction of sp³-hybridized carbons (Fsp3) is 0.769. The Labute approximate surface area is 118 Å². The van der Waals surface area contributed by atoms with Crippen molar-refractivity contribution in [3.05, 3.63) is 16.4 Å². The lowest BCUT2D eigenvalue weighted by atomic mass is 9.84. The van der Waals surface area contributed by atoms with E-state index in [1.54, 1.807) is 7.11 Å². The number of methoxy groups -OCH3 is 1. The summed E-state index contributed by atoms with van der Waals surface area (Å²) in [5.41, 5.74) is 7.54. The molecule has 5 heteroatoms. The molecule has 0 amide bonds. The van der Waals surface area contributed by atoms with Crippen LogP contribution in [0.1, 0.15) is 32.9 Å². The van der Waals surface area contributed by atoms with Crippen LogP contribution in [0.2, 0.25) is 0 Å². The van der Waals surface area contributed by atoms with E-state index in [1.807, 2.05) is 10.9 Å². The molecule has 4 nitrogen and oxygen atoms in total.